The molecule has 4 nitrogen and oxygen atoms in total. The van der Waals surface area contributed by atoms with Crippen molar-refractivity contribution >= 4 is 5.91 Å². The maximum atomic E-state index is 11.5. The quantitative estimate of drug-likeness (QED) is 0.710. The minimum absolute atomic E-state index is 0.0985. The van der Waals surface area contributed by atoms with Crippen molar-refractivity contribution in [2.24, 2.45) is 5.92 Å². The first kappa shape index (κ1) is 13.5. The van der Waals surface area contributed by atoms with Gasteiger partial charge in [-0.3, -0.25) is 4.79 Å². The highest BCUT2D eigenvalue weighted by Gasteiger charge is 2.13. The molecular formula is C12H24N2O2. The van der Waals surface area contributed by atoms with Gasteiger partial charge in [-0.2, -0.15) is 0 Å². The van der Waals surface area contributed by atoms with Crippen LogP contribution in [-0.2, 0) is 9.53 Å². The Morgan fingerprint density at radius 2 is 2.12 bits per heavy atom. The van der Waals surface area contributed by atoms with Crippen molar-refractivity contribution in [1.29, 1.82) is 0 Å². The fraction of sp³-hybridized carbons (Fsp3) is 0.917. The molecule has 1 atom stereocenters. The predicted molar refractivity (Wildman–Crippen MR) is 64.3 cm³/mol. The fourth-order valence-electron chi connectivity index (χ4n) is 1.77. The van der Waals surface area contributed by atoms with E-state index >= 15 is 0 Å². The zero-order valence-corrected chi connectivity index (χ0v) is 10.4. The number of amides is 1. The van der Waals surface area contributed by atoms with Crippen molar-refractivity contribution in [3.8, 4) is 0 Å². The Hall–Kier alpha value is -0.610. The molecule has 1 unspecified atom stereocenters. The summed E-state index contributed by atoms with van der Waals surface area (Å²) in [6.45, 7) is 7.19. The van der Waals surface area contributed by atoms with E-state index in [2.05, 4.69) is 17.6 Å². The van der Waals surface area contributed by atoms with Gasteiger partial charge in [-0.15, -0.1) is 0 Å². The van der Waals surface area contributed by atoms with E-state index in [1.807, 2.05) is 6.92 Å². The van der Waals surface area contributed by atoms with Crippen LogP contribution in [0, 0.1) is 5.92 Å². The number of nitrogens with one attached hydrogen (secondary N) is 2. The molecule has 0 aromatic carbocycles. The first-order valence-electron chi connectivity index (χ1n) is 6.30. The molecule has 4 heteroatoms. The Morgan fingerprint density at radius 1 is 1.44 bits per heavy atom. The van der Waals surface area contributed by atoms with E-state index in [4.69, 9.17) is 4.74 Å². The molecule has 0 saturated carbocycles. The van der Waals surface area contributed by atoms with E-state index in [1.54, 1.807) is 0 Å². The van der Waals surface area contributed by atoms with Gasteiger partial charge >= 0.3 is 0 Å². The lowest BCUT2D eigenvalue weighted by Crippen LogP contribution is -2.40. The monoisotopic (exact) mass is 228 g/mol. The van der Waals surface area contributed by atoms with Gasteiger partial charge in [0.05, 0.1) is 6.54 Å². The smallest absolute Gasteiger partial charge is 0.234 e. The molecule has 1 saturated heterocycles. The first-order chi connectivity index (χ1) is 7.72. The van der Waals surface area contributed by atoms with Crippen LogP contribution in [-0.4, -0.2) is 38.3 Å². The highest BCUT2D eigenvalue weighted by atomic mass is 16.5. The maximum Gasteiger partial charge on any atom is 0.234 e. The zero-order chi connectivity index (χ0) is 11.8. The Labute approximate surface area is 98.1 Å². The SMILES string of the molecule is CCC(C)NC(=O)CNCC1CCOCC1. The lowest BCUT2D eigenvalue weighted by atomic mass is 10.0. The average molecular weight is 228 g/mol. The van der Waals surface area contributed by atoms with Crippen LogP contribution in [0.25, 0.3) is 0 Å². The molecule has 0 radical (unpaired) electrons. The van der Waals surface area contributed by atoms with Crippen molar-refractivity contribution in [2.75, 3.05) is 26.3 Å². The molecule has 0 aromatic rings. The number of carbonyl (C=O) groups is 1. The van der Waals surface area contributed by atoms with Gasteiger partial charge in [0.15, 0.2) is 0 Å². The van der Waals surface area contributed by atoms with E-state index in [1.165, 1.54) is 0 Å². The minimum Gasteiger partial charge on any atom is -0.381 e. The molecule has 2 N–H and O–H groups in total. The zero-order valence-electron chi connectivity index (χ0n) is 10.4. The summed E-state index contributed by atoms with van der Waals surface area (Å²) < 4.78 is 5.29. The van der Waals surface area contributed by atoms with Crippen LogP contribution >= 0.6 is 0 Å². The Balaban J connectivity index is 2.03. The van der Waals surface area contributed by atoms with Gasteiger partial charge in [0, 0.05) is 19.3 Å². The van der Waals surface area contributed by atoms with E-state index in [0.29, 0.717) is 12.5 Å². The van der Waals surface area contributed by atoms with Crippen LogP contribution in [0.3, 0.4) is 0 Å². The lowest BCUT2D eigenvalue weighted by molar-refractivity contribution is -0.120. The standard InChI is InChI=1S/C12H24N2O2/c1-3-10(2)14-12(15)9-13-8-11-4-6-16-7-5-11/h10-11,13H,3-9H2,1-2H3,(H,14,15). The van der Waals surface area contributed by atoms with E-state index in [0.717, 1.165) is 39.0 Å². The Kier molecular flexibility index (Phi) is 6.42. The molecule has 94 valence electrons. The van der Waals surface area contributed by atoms with E-state index in [9.17, 15) is 4.79 Å². The molecule has 0 aliphatic carbocycles. The largest absolute Gasteiger partial charge is 0.381 e. The molecule has 0 bridgehead atoms. The normalized spacial score (nSPS) is 19.4. The van der Waals surface area contributed by atoms with Crippen molar-refractivity contribution in [3.63, 3.8) is 0 Å². The second-order valence-electron chi connectivity index (χ2n) is 4.56. The van der Waals surface area contributed by atoms with E-state index in [-0.39, 0.29) is 11.9 Å². The summed E-state index contributed by atoms with van der Waals surface area (Å²) in [4.78, 5) is 11.5. The van der Waals surface area contributed by atoms with E-state index < -0.39 is 0 Å². The summed E-state index contributed by atoms with van der Waals surface area (Å²) in [6.07, 6.45) is 3.20. The third-order valence-corrected chi connectivity index (χ3v) is 3.08. The summed E-state index contributed by atoms with van der Waals surface area (Å²) in [7, 11) is 0. The van der Waals surface area contributed by atoms with Crippen molar-refractivity contribution in [2.45, 2.75) is 39.2 Å². The molecule has 1 aliphatic heterocycles. The fourth-order valence-corrected chi connectivity index (χ4v) is 1.77. The summed E-state index contributed by atoms with van der Waals surface area (Å²) in [6, 6.07) is 0.275. The first-order valence-corrected chi connectivity index (χ1v) is 6.30. The van der Waals surface area contributed by atoms with Gasteiger partial charge in [-0.1, -0.05) is 6.92 Å². The number of rotatable bonds is 6. The van der Waals surface area contributed by atoms with Crippen LogP contribution in [0.15, 0.2) is 0 Å². The van der Waals surface area contributed by atoms with Gasteiger partial charge in [0.1, 0.15) is 0 Å². The molecule has 16 heavy (non-hydrogen) atoms. The summed E-state index contributed by atoms with van der Waals surface area (Å²) >= 11 is 0. The van der Waals surface area contributed by atoms with Crippen molar-refractivity contribution in [3.05, 3.63) is 0 Å². The number of ether oxygens (including phenoxy) is 1. The molecule has 0 spiro atoms. The predicted octanol–water partition coefficient (Wildman–Crippen LogP) is 0.917. The number of carbonyl (C=O) groups excluding carboxylic acids is 1. The Morgan fingerprint density at radius 3 is 2.75 bits per heavy atom. The van der Waals surface area contributed by atoms with Crippen molar-refractivity contribution < 1.29 is 9.53 Å². The van der Waals surface area contributed by atoms with Crippen molar-refractivity contribution in [1.82, 2.24) is 10.6 Å². The van der Waals surface area contributed by atoms with Gasteiger partial charge < -0.3 is 15.4 Å². The number of hydrogen-bond acceptors (Lipinski definition) is 3. The molecular weight excluding hydrogens is 204 g/mol. The second kappa shape index (κ2) is 7.63. The molecule has 1 amide bonds. The van der Waals surface area contributed by atoms with Crippen LogP contribution in [0.2, 0.25) is 0 Å². The third kappa shape index (κ3) is 5.47. The van der Waals surface area contributed by atoms with Crippen LogP contribution in [0.5, 0.6) is 0 Å². The lowest BCUT2D eigenvalue weighted by Gasteiger charge is -2.22. The van der Waals surface area contributed by atoms with Crippen LogP contribution < -0.4 is 10.6 Å². The second-order valence-corrected chi connectivity index (χ2v) is 4.56. The third-order valence-electron chi connectivity index (χ3n) is 3.08. The number of hydrogen-bond donors (Lipinski definition) is 2. The van der Waals surface area contributed by atoms with Crippen LogP contribution in [0.1, 0.15) is 33.1 Å². The van der Waals surface area contributed by atoms with Gasteiger partial charge in [0.2, 0.25) is 5.91 Å². The molecule has 1 aliphatic rings. The van der Waals surface area contributed by atoms with Gasteiger partial charge in [-0.25, -0.2) is 0 Å². The Bertz CT molecular complexity index is 203. The highest BCUT2D eigenvalue weighted by Crippen LogP contribution is 2.12. The summed E-state index contributed by atoms with van der Waals surface area (Å²) in [5.41, 5.74) is 0. The van der Waals surface area contributed by atoms with Gasteiger partial charge in [0.25, 0.3) is 0 Å². The summed E-state index contributed by atoms with van der Waals surface area (Å²) in [5, 5.41) is 6.16. The molecule has 0 aromatic heterocycles. The minimum atomic E-state index is 0.0985. The molecule has 1 heterocycles. The van der Waals surface area contributed by atoms with Crippen LogP contribution in [0.4, 0.5) is 0 Å². The topological polar surface area (TPSA) is 50.4 Å². The average Bonchev–Trinajstić information content (AvgIpc) is 2.30. The van der Waals surface area contributed by atoms with Gasteiger partial charge in [-0.05, 0) is 38.6 Å². The molecule has 1 fully saturated rings. The highest BCUT2D eigenvalue weighted by molar-refractivity contribution is 5.78. The summed E-state index contributed by atoms with van der Waals surface area (Å²) in [5.74, 6) is 0.770. The maximum absolute atomic E-state index is 11.5. The molecule has 1 rings (SSSR count).